The third-order valence-corrected chi connectivity index (χ3v) is 4.59. The summed E-state index contributed by atoms with van der Waals surface area (Å²) >= 11 is 0. The Kier molecular flexibility index (Phi) is 6.87. The second-order valence-electron chi connectivity index (χ2n) is 5.25. The van der Waals surface area contributed by atoms with Gasteiger partial charge in [0.15, 0.2) is 0 Å². The van der Waals surface area contributed by atoms with E-state index >= 15 is 0 Å². The summed E-state index contributed by atoms with van der Waals surface area (Å²) in [4.78, 5) is 12.0. The lowest BCUT2D eigenvalue weighted by atomic mass is 10.0. The molecular weight excluding hydrogens is 300 g/mol. The van der Waals surface area contributed by atoms with Gasteiger partial charge in [-0.25, -0.2) is 8.42 Å². The second kappa shape index (κ2) is 8.17. The van der Waals surface area contributed by atoms with Crippen LogP contribution in [-0.2, 0) is 27.7 Å². The van der Waals surface area contributed by atoms with Gasteiger partial charge in [-0.15, -0.1) is 0 Å². The van der Waals surface area contributed by atoms with Gasteiger partial charge in [-0.1, -0.05) is 39.0 Å². The molecule has 6 heteroatoms. The fourth-order valence-corrected chi connectivity index (χ4v) is 3.27. The van der Waals surface area contributed by atoms with Gasteiger partial charge >= 0.3 is 0 Å². The van der Waals surface area contributed by atoms with Crippen LogP contribution in [0.4, 0.5) is 5.69 Å². The molecular formula is C16H26N2O3S. The number of nitrogens with zero attached hydrogens (tertiary/aromatic N) is 1. The maximum Gasteiger partial charge on any atom is 0.240 e. The van der Waals surface area contributed by atoms with Crippen molar-refractivity contribution in [3.8, 4) is 0 Å². The third-order valence-electron chi connectivity index (χ3n) is 3.47. The summed E-state index contributed by atoms with van der Waals surface area (Å²) in [6.45, 7) is 6.29. The summed E-state index contributed by atoms with van der Waals surface area (Å²) in [7, 11) is -3.53. The van der Waals surface area contributed by atoms with E-state index in [2.05, 4.69) is 5.32 Å². The number of carbonyl (C=O) groups is 1. The number of hydrogen-bond acceptors (Lipinski definition) is 3. The maximum atomic E-state index is 12.2. The molecule has 1 aromatic rings. The van der Waals surface area contributed by atoms with Crippen molar-refractivity contribution in [2.75, 3.05) is 23.7 Å². The lowest BCUT2D eigenvalue weighted by Crippen LogP contribution is -2.41. The summed E-state index contributed by atoms with van der Waals surface area (Å²) in [6, 6.07) is 5.76. The van der Waals surface area contributed by atoms with E-state index in [-0.39, 0.29) is 12.5 Å². The van der Waals surface area contributed by atoms with Crippen molar-refractivity contribution < 1.29 is 13.2 Å². The van der Waals surface area contributed by atoms with Crippen molar-refractivity contribution in [3.63, 3.8) is 0 Å². The summed E-state index contributed by atoms with van der Waals surface area (Å²) in [5.74, 6) is -0.278. The van der Waals surface area contributed by atoms with Crippen molar-refractivity contribution >= 4 is 21.6 Å². The Morgan fingerprint density at radius 2 is 1.68 bits per heavy atom. The first kappa shape index (κ1) is 18.5. The largest absolute Gasteiger partial charge is 0.355 e. The average molecular weight is 326 g/mol. The lowest BCUT2D eigenvalue weighted by Gasteiger charge is -2.26. The van der Waals surface area contributed by atoms with Crippen LogP contribution in [0.1, 0.15) is 38.3 Å². The lowest BCUT2D eigenvalue weighted by molar-refractivity contribution is -0.119. The van der Waals surface area contributed by atoms with E-state index in [1.807, 2.05) is 39.0 Å². The number of amides is 1. The van der Waals surface area contributed by atoms with E-state index in [0.717, 1.165) is 23.8 Å². The number of benzene rings is 1. The van der Waals surface area contributed by atoms with Crippen LogP contribution in [-0.4, -0.2) is 33.7 Å². The van der Waals surface area contributed by atoms with E-state index in [9.17, 15) is 13.2 Å². The molecule has 0 saturated heterocycles. The quantitative estimate of drug-likeness (QED) is 0.795. The monoisotopic (exact) mass is 326 g/mol. The Bertz CT molecular complexity index is 590. The normalized spacial score (nSPS) is 11.3. The molecule has 124 valence electrons. The molecule has 22 heavy (non-hydrogen) atoms. The molecule has 0 spiro atoms. The molecule has 0 bridgehead atoms. The maximum absolute atomic E-state index is 12.2. The first-order valence-electron chi connectivity index (χ1n) is 7.70. The molecule has 0 aromatic heterocycles. The standard InChI is InChI=1S/C16H26N2O3S/c1-5-11-17-15(19)12-18(22(4,20)21)16-13(6-2)9-8-10-14(16)7-3/h8-10H,5-7,11-12H2,1-4H3,(H,17,19). The van der Waals surface area contributed by atoms with E-state index in [4.69, 9.17) is 0 Å². The van der Waals surface area contributed by atoms with Gasteiger partial charge in [0.1, 0.15) is 6.54 Å². The molecule has 1 rings (SSSR count). The molecule has 0 aliphatic carbocycles. The van der Waals surface area contributed by atoms with Crippen molar-refractivity contribution in [3.05, 3.63) is 29.3 Å². The zero-order valence-corrected chi connectivity index (χ0v) is 14.7. The Morgan fingerprint density at radius 3 is 2.09 bits per heavy atom. The van der Waals surface area contributed by atoms with Gasteiger partial charge < -0.3 is 5.32 Å². The minimum absolute atomic E-state index is 0.178. The van der Waals surface area contributed by atoms with Crippen LogP contribution in [0.3, 0.4) is 0 Å². The molecule has 0 heterocycles. The molecule has 0 aliphatic heterocycles. The van der Waals surface area contributed by atoms with Crippen LogP contribution >= 0.6 is 0 Å². The summed E-state index contributed by atoms with van der Waals surface area (Å²) in [5, 5.41) is 2.73. The number of rotatable bonds is 8. The molecule has 5 nitrogen and oxygen atoms in total. The molecule has 0 radical (unpaired) electrons. The van der Waals surface area contributed by atoms with Crippen LogP contribution in [0.2, 0.25) is 0 Å². The van der Waals surface area contributed by atoms with E-state index in [1.54, 1.807) is 0 Å². The van der Waals surface area contributed by atoms with Crippen LogP contribution < -0.4 is 9.62 Å². The van der Waals surface area contributed by atoms with Crippen LogP contribution in [0.15, 0.2) is 18.2 Å². The zero-order valence-electron chi connectivity index (χ0n) is 13.8. The molecule has 0 saturated carbocycles. The predicted octanol–water partition coefficient (Wildman–Crippen LogP) is 2.10. The highest BCUT2D eigenvalue weighted by atomic mass is 32.2. The van der Waals surface area contributed by atoms with Gasteiger partial charge in [-0.05, 0) is 30.4 Å². The summed E-state index contributed by atoms with van der Waals surface area (Å²) in [6.07, 6.45) is 3.39. The molecule has 1 N–H and O–H groups in total. The summed E-state index contributed by atoms with van der Waals surface area (Å²) < 4.78 is 25.7. The second-order valence-corrected chi connectivity index (χ2v) is 7.16. The number of nitrogens with one attached hydrogen (secondary N) is 1. The van der Waals surface area contributed by atoms with Gasteiger partial charge in [0.05, 0.1) is 11.9 Å². The Morgan fingerprint density at radius 1 is 1.14 bits per heavy atom. The van der Waals surface area contributed by atoms with Crippen molar-refractivity contribution in [2.24, 2.45) is 0 Å². The number of carbonyl (C=O) groups excluding carboxylic acids is 1. The Balaban J connectivity index is 3.27. The van der Waals surface area contributed by atoms with E-state index < -0.39 is 10.0 Å². The average Bonchev–Trinajstić information content (AvgIpc) is 2.48. The highest BCUT2D eigenvalue weighted by Gasteiger charge is 2.24. The smallest absolute Gasteiger partial charge is 0.240 e. The zero-order chi connectivity index (χ0) is 16.8. The van der Waals surface area contributed by atoms with Crippen molar-refractivity contribution in [1.82, 2.24) is 5.32 Å². The highest BCUT2D eigenvalue weighted by Crippen LogP contribution is 2.28. The number of sulfonamides is 1. The Labute approximate surface area is 133 Å². The topological polar surface area (TPSA) is 66.5 Å². The Hall–Kier alpha value is -1.56. The first-order valence-corrected chi connectivity index (χ1v) is 9.55. The van der Waals surface area contributed by atoms with Crippen molar-refractivity contribution in [2.45, 2.75) is 40.0 Å². The van der Waals surface area contributed by atoms with Gasteiger partial charge in [-0.3, -0.25) is 9.10 Å². The molecule has 0 fully saturated rings. The van der Waals surface area contributed by atoms with Gasteiger partial charge in [0.25, 0.3) is 0 Å². The fourth-order valence-electron chi connectivity index (χ4n) is 2.35. The predicted molar refractivity (Wildman–Crippen MR) is 90.7 cm³/mol. The molecule has 0 unspecified atom stereocenters. The van der Waals surface area contributed by atoms with E-state index in [0.29, 0.717) is 25.1 Å². The van der Waals surface area contributed by atoms with Crippen LogP contribution in [0, 0.1) is 0 Å². The molecule has 1 aromatic carbocycles. The molecule has 0 aliphatic rings. The third kappa shape index (κ3) is 4.73. The molecule has 1 amide bonds. The molecule has 0 atom stereocenters. The van der Waals surface area contributed by atoms with Gasteiger partial charge in [-0.2, -0.15) is 0 Å². The van der Waals surface area contributed by atoms with Crippen LogP contribution in [0.5, 0.6) is 0 Å². The number of hydrogen-bond donors (Lipinski definition) is 1. The highest BCUT2D eigenvalue weighted by molar-refractivity contribution is 7.92. The van der Waals surface area contributed by atoms with Gasteiger partial charge in [0, 0.05) is 6.54 Å². The minimum Gasteiger partial charge on any atom is -0.355 e. The number of aryl methyl sites for hydroxylation is 2. The van der Waals surface area contributed by atoms with Gasteiger partial charge in [0.2, 0.25) is 15.9 Å². The number of anilines is 1. The van der Waals surface area contributed by atoms with Crippen LogP contribution in [0.25, 0.3) is 0 Å². The summed E-state index contributed by atoms with van der Waals surface area (Å²) in [5.41, 5.74) is 2.53. The van der Waals surface area contributed by atoms with Crippen molar-refractivity contribution in [1.29, 1.82) is 0 Å². The minimum atomic E-state index is -3.53. The number of para-hydroxylation sites is 1. The first-order chi connectivity index (χ1) is 10.3. The SMILES string of the molecule is CCCNC(=O)CN(c1c(CC)cccc1CC)S(C)(=O)=O. The fraction of sp³-hybridized carbons (Fsp3) is 0.562. The van der Waals surface area contributed by atoms with E-state index in [1.165, 1.54) is 4.31 Å².